The molecule has 120 valence electrons. The Labute approximate surface area is 131 Å². The molecule has 2 aliphatic heterocycles. The molecule has 0 unspecified atom stereocenters. The fourth-order valence-electron chi connectivity index (χ4n) is 3.50. The van der Waals surface area contributed by atoms with Crippen molar-refractivity contribution in [1.29, 1.82) is 0 Å². The average Bonchev–Trinajstić information content (AvgIpc) is 2.56. The molecule has 0 radical (unpaired) electrons. The van der Waals surface area contributed by atoms with Crippen molar-refractivity contribution in [3.05, 3.63) is 50.2 Å². The predicted molar refractivity (Wildman–Crippen MR) is 84.1 cm³/mol. The molecule has 2 aliphatic rings. The number of nitrogens with two attached hydrogens (primary N) is 1. The van der Waals surface area contributed by atoms with Crippen molar-refractivity contribution in [2.24, 2.45) is 20.0 Å². The standard InChI is InChI=1S/C16H17N3O4/c1-18-14(20)13-12-8(7-23-15(13)19(2)16(18)21)6-22-11-4-3-9(17)5-10(11)12/h3-5,8,12H,6-7,17H2,1-2H3/t8-,12+/m1/s1. The van der Waals surface area contributed by atoms with Gasteiger partial charge in [0.25, 0.3) is 5.56 Å². The van der Waals surface area contributed by atoms with Gasteiger partial charge in [-0.05, 0) is 18.2 Å². The molecule has 4 rings (SSSR count). The SMILES string of the molecule is Cn1c2c(c(=O)n(C)c1=O)[C@@H]1c3cc(N)ccc3OC[C@@H]1CO2. The summed E-state index contributed by atoms with van der Waals surface area (Å²) in [5.74, 6) is 0.900. The first-order valence-electron chi connectivity index (χ1n) is 7.44. The van der Waals surface area contributed by atoms with Gasteiger partial charge in [0.2, 0.25) is 5.88 Å². The number of fused-ring (bicyclic) bond motifs is 5. The van der Waals surface area contributed by atoms with Crippen LogP contribution < -0.4 is 26.5 Å². The van der Waals surface area contributed by atoms with E-state index in [1.165, 1.54) is 11.6 Å². The number of nitrogen functional groups attached to an aromatic ring is 1. The van der Waals surface area contributed by atoms with E-state index in [0.717, 1.165) is 15.9 Å². The normalized spacial score (nSPS) is 21.5. The molecule has 1 aromatic heterocycles. The first-order valence-corrected chi connectivity index (χ1v) is 7.44. The summed E-state index contributed by atoms with van der Waals surface area (Å²) in [5, 5.41) is 0. The van der Waals surface area contributed by atoms with Gasteiger partial charge in [-0.1, -0.05) is 0 Å². The quantitative estimate of drug-likeness (QED) is 0.702. The Bertz CT molecular complexity index is 928. The smallest absolute Gasteiger partial charge is 0.333 e. The van der Waals surface area contributed by atoms with E-state index in [2.05, 4.69) is 0 Å². The monoisotopic (exact) mass is 315 g/mol. The third kappa shape index (κ3) is 1.82. The summed E-state index contributed by atoms with van der Waals surface area (Å²) >= 11 is 0. The van der Waals surface area contributed by atoms with Crippen molar-refractivity contribution in [1.82, 2.24) is 9.13 Å². The number of ether oxygens (including phenoxy) is 2. The van der Waals surface area contributed by atoms with Crippen molar-refractivity contribution < 1.29 is 9.47 Å². The highest BCUT2D eigenvalue weighted by molar-refractivity contribution is 5.54. The van der Waals surface area contributed by atoms with Crippen molar-refractivity contribution >= 4 is 5.69 Å². The van der Waals surface area contributed by atoms with Gasteiger partial charge in [0.05, 0.1) is 18.8 Å². The molecule has 1 aromatic carbocycles. The highest BCUT2D eigenvalue weighted by Crippen LogP contribution is 2.45. The van der Waals surface area contributed by atoms with E-state index in [1.54, 1.807) is 13.1 Å². The van der Waals surface area contributed by atoms with E-state index < -0.39 is 5.69 Å². The first kappa shape index (κ1) is 13.9. The summed E-state index contributed by atoms with van der Waals surface area (Å²) in [6.45, 7) is 0.860. The molecule has 2 atom stereocenters. The van der Waals surface area contributed by atoms with E-state index >= 15 is 0 Å². The maximum Gasteiger partial charge on any atom is 0.333 e. The Morgan fingerprint density at radius 3 is 2.65 bits per heavy atom. The lowest BCUT2D eigenvalue weighted by Gasteiger charge is -2.38. The largest absolute Gasteiger partial charge is 0.493 e. The molecule has 7 nitrogen and oxygen atoms in total. The van der Waals surface area contributed by atoms with Crippen LogP contribution in [0.2, 0.25) is 0 Å². The molecular weight excluding hydrogens is 298 g/mol. The summed E-state index contributed by atoms with van der Waals surface area (Å²) in [4.78, 5) is 24.9. The van der Waals surface area contributed by atoms with Crippen molar-refractivity contribution in [3.63, 3.8) is 0 Å². The maximum atomic E-state index is 12.7. The summed E-state index contributed by atoms with van der Waals surface area (Å²) in [6.07, 6.45) is 0. The Morgan fingerprint density at radius 1 is 1.13 bits per heavy atom. The minimum absolute atomic E-state index is 0.0157. The van der Waals surface area contributed by atoms with Gasteiger partial charge in [0.1, 0.15) is 5.75 Å². The summed E-state index contributed by atoms with van der Waals surface area (Å²) in [7, 11) is 3.09. The number of hydrogen-bond acceptors (Lipinski definition) is 5. The van der Waals surface area contributed by atoms with Crippen LogP contribution in [0.5, 0.6) is 11.6 Å². The molecule has 0 fully saturated rings. The minimum Gasteiger partial charge on any atom is -0.493 e. The topological polar surface area (TPSA) is 88.5 Å². The zero-order valence-electron chi connectivity index (χ0n) is 12.9. The van der Waals surface area contributed by atoms with Crippen LogP contribution in [0.25, 0.3) is 0 Å². The van der Waals surface area contributed by atoms with Gasteiger partial charge in [-0.3, -0.25) is 13.9 Å². The molecule has 23 heavy (non-hydrogen) atoms. The number of rotatable bonds is 0. The van der Waals surface area contributed by atoms with Gasteiger partial charge < -0.3 is 15.2 Å². The van der Waals surface area contributed by atoms with Crippen molar-refractivity contribution in [2.75, 3.05) is 18.9 Å². The lowest BCUT2D eigenvalue weighted by atomic mass is 9.78. The van der Waals surface area contributed by atoms with E-state index in [9.17, 15) is 9.59 Å². The number of benzene rings is 1. The van der Waals surface area contributed by atoms with Crippen LogP contribution in [0.3, 0.4) is 0 Å². The number of aromatic nitrogens is 2. The second kappa shape index (κ2) is 4.65. The van der Waals surface area contributed by atoms with Crippen LogP contribution in [0.4, 0.5) is 5.69 Å². The second-order valence-electron chi connectivity index (χ2n) is 6.08. The molecule has 3 heterocycles. The Kier molecular flexibility index (Phi) is 2.81. The lowest BCUT2D eigenvalue weighted by molar-refractivity contribution is 0.116. The van der Waals surface area contributed by atoms with Gasteiger partial charge in [-0.15, -0.1) is 0 Å². The van der Waals surface area contributed by atoms with Gasteiger partial charge in [-0.25, -0.2) is 4.79 Å². The third-order valence-electron chi connectivity index (χ3n) is 4.68. The highest BCUT2D eigenvalue weighted by atomic mass is 16.5. The molecule has 0 saturated carbocycles. The summed E-state index contributed by atoms with van der Waals surface area (Å²) < 4.78 is 14.0. The van der Waals surface area contributed by atoms with Crippen LogP contribution in [0.1, 0.15) is 17.0 Å². The van der Waals surface area contributed by atoms with Crippen molar-refractivity contribution in [3.8, 4) is 11.6 Å². The fourth-order valence-corrected chi connectivity index (χ4v) is 3.50. The van der Waals surface area contributed by atoms with E-state index in [0.29, 0.717) is 30.3 Å². The fraction of sp³-hybridized carbons (Fsp3) is 0.375. The van der Waals surface area contributed by atoms with Crippen LogP contribution >= 0.6 is 0 Å². The summed E-state index contributed by atoms with van der Waals surface area (Å²) in [6, 6.07) is 5.44. The van der Waals surface area contributed by atoms with Crippen LogP contribution in [0, 0.1) is 5.92 Å². The maximum absolute atomic E-state index is 12.7. The van der Waals surface area contributed by atoms with Gasteiger partial charge in [0.15, 0.2) is 0 Å². The molecular formula is C16H17N3O4. The van der Waals surface area contributed by atoms with E-state index in [4.69, 9.17) is 15.2 Å². The molecule has 7 heteroatoms. The highest BCUT2D eigenvalue weighted by Gasteiger charge is 2.41. The Balaban J connectivity index is 2.05. The average molecular weight is 315 g/mol. The minimum atomic E-state index is -0.396. The van der Waals surface area contributed by atoms with Gasteiger partial charge in [0, 0.05) is 37.2 Å². The Hall–Kier alpha value is -2.70. The molecule has 0 saturated heterocycles. The lowest BCUT2D eigenvalue weighted by Crippen LogP contribution is -2.46. The van der Waals surface area contributed by atoms with Crippen LogP contribution in [-0.2, 0) is 14.1 Å². The molecule has 2 aromatic rings. The van der Waals surface area contributed by atoms with Gasteiger partial charge in [-0.2, -0.15) is 0 Å². The van der Waals surface area contributed by atoms with Gasteiger partial charge >= 0.3 is 5.69 Å². The van der Waals surface area contributed by atoms with Crippen LogP contribution in [0.15, 0.2) is 27.8 Å². The van der Waals surface area contributed by atoms with Crippen LogP contribution in [-0.4, -0.2) is 22.3 Å². The third-order valence-corrected chi connectivity index (χ3v) is 4.68. The zero-order chi connectivity index (χ0) is 16.3. The number of nitrogens with zero attached hydrogens (tertiary/aromatic N) is 2. The molecule has 0 amide bonds. The van der Waals surface area contributed by atoms with E-state index in [-0.39, 0.29) is 17.4 Å². The first-order chi connectivity index (χ1) is 11.0. The predicted octanol–water partition coefficient (Wildman–Crippen LogP) is 0.199. The molecule has 0 aliphatic carbocycles. The number of anilines is 1. The molecule has 0 bridgehead atoms. The Morgan fingerprint density at radius 2 is 1.87 bits per heavy atom. The second-order valence-corrected chi connectivity index (χ2v) is 6.08. The number of hydrogen-bond donors (Lipinski definition) is 1. The van der Waals surface area contributed by atoms with E-state index in [1.807, 2.05) is 12.1 Å². The molecule has 2 N–H and O–H groups in total. The van der Waals surface area contributed by atoms with Crippen molar-refractivity contribution in [2.45, 2.75) is 5.92 Å². The molecule has 0 spiro atoms. The zero-order valence-corrected chi connectivity index (χ0v) is 12.9. The summed E-state index contributed by atoms with van der Waals surface area (Å²) in [5.41, 5.74) is 7.19.